The van der Waals surface area contributed by atoms with Crippen LogP contribution in [0.5, 0.6) is 0 Å². The fourth-order valence-corrected chi connectivity index (χ4v) is 2.67. The summed E-state index contributed by atoms with van der Waals surface area (Å²) in [6, 6.07) is 0. The van der Waals surface area contributed by atoms with Gasteiger partial charge in [0.25, 0.3) is 0 Å². The molecule has 0 aliphatic carbocycles. The largest absolute Gasteiger partial charge is 0.379 e. The minimum Gasteiger partial charge on any atom is -0.379 e. The predicted molar refractivity (Wildman–Crippen MR) is 92.2 cm³/mol. The van der Waals surface area contributed by atoms with Crippen molar-refractivity contribution in [3.63, 3.8) is 0 Å². The summed E-state index contributed by atoms with van der Waals surface area (Å²) in [5, 5.41) is 6.23. The summed E-state index contributed by atoms with van der Waals surface area (Å²) in [4.78, 5) is 1.74. The van der Waals surface area contributed by atoms with Gasteiger partial charge in [0.05, 0.1) is 9.98 Å². The van der Waals surface area contributed by atoms with Gasteiger partial charge in [-0.1, -0.05) is 58.2 Å². The highest BCUT2D eigenvalue weighted by Gasteiger charge is 1.91. The van der Waals surface area contributed by atoms with Crippen molar-refractivity contribution in [2.45, 2.75) is 13.8 Å². The molecule has 0 aliphatic heterocycles. The van der Waals surface area contributed by atoms with Crippen LogP contribution in [0.2, 0.25) is 0 Å². The Morgan fingerprint density at radius 3 is 1.50 bits per heavy atom. The molecule has 0 aliphatic rings. The van der Waals surface area contributed by atoms with Crippen LogP contribution in [0.1, 0.15) is 13.8 Å². The maximum Gasteiger partial charge on any atom is 0.0722 e. The lowest BCUT2D eigenvalue weighted by Crippen LogP contribution is -2.21. The van der Waals surface area contributed by atoms with Gasteiger partial charge in [-0.2, -0.15) is 0 Å². The number of rotatable bonds is 7. The average molecular weight is 315 g/mol. The fraction of sp³-hybridized carbons (Fsp3) is 0.667. The first kappa shape index (κ1) is 18.9. The molecule has 0 spiro atoms. The highest BCUT2D eigenvalue weighted by Crippen LogP contribution is 2.19. The Morgan fingerprint density at radius 2 is 1.25 bits per heavy atom. The summed E-state index contributed by atoms with van der Waals surface area (Å²) >= 11 is 13.6. The van der Waals surface area contributed by atoms with Crippen molar-refractivity contribution in [1.29, 1.82) is 0 Å². The topological polar surface area (TPSA) is 24.1 Å². The highest BCUT2D eigenvalue weighted by atomic mass is 33.1. The van der Waals surface area contributed by atoms with E-state index in [-0.39, 0.29) is 0 Å². The minimum atomic E-state index is 0.869. The van der Waals surface area contributed by atoms with Gasteiger partial charge in [-0.15, -0.1) is 0 Å². The van der Waals surface area contributed by atoms with Gasteiger partial charge in [-0.25, -0.2) is 0 Å². The SMILES string of the molecule is C=S.CC(=S)NCCSSCCNC(C)=S. The molecule has 0 heterocycles. The molecular weight excluding hydrogens is 296 g/mol. The first-order valence-electron chi connectivity index (χ1n) is 4.65. The molecule has 2 nitrogen and oxygen atoms in total. The summed E-state index contributed by atoms with van der Waals surface area (Å²) < 4.78 is 0. The Balaban J connectivity index is 0. The zero-order chi connectivity index (χ0) is 12.8. The lowest BCUT2D eigenvalue weighted by Gasteiger charge is -2.04. The summed E-state index contributed by atoms with van der Waals surface area (Å²) in [5.41, 5.74) is 0. The van der Waals surface area contributed by atoms with Crippen molar-refractivity contribution < 1.29 is 0 Å². The molecule has 0 rings (SSSR count). The minimum absolute atomic E-state index is 0.869. The molecule has 94 valence electrons. The van der Waals surface area contributed by atoms with E-state index < -0.39 is 0 Å². The first-order chi connectivity index (χ1) is 7.63. The van der Waals surface area contributed by atoms with Crippen LogP contribution in [0.25, 0.3) is 0 Å². The Kier molecular flexibility index (Phi) is 18.4. The zero-order valence-corrected chi connectivity index (χ0v) is 13.7. The zero-order valence-electron chi connectivity index (χ0n) is 9.58. The van der Waals surface area contributed by atoms with Crippen molar-refractivity contribution in [3.05, 3.63) is 0 Å². The highest BCUT2D eigenvalue weighted by molar-refractivity contribution is 8.76. The van der Waals surface area contributed by atoms with Crippen LogP contribution in [0, 0.1) is 0 Å². The molecule has 0 aromatic carbocycles. The summed E-state index contributed by atoms with van der Waals surface area (Å²) in [6.07, 6.45) is 0. The molecule has 0 aromatic heterocycles. The summed E-state index contributed by atoms with van der Waals surface area (Å²) in [5.74, 6) is 4.99. The second kappa shape index (κ2) is 15.6. The second-order valence-electron chi connectivity index (χ2n) is 2.61. The monoisotopic (exact) mass is 314 g/mol. The van der Waals surface area contributed by atoms with Crippen LogP contribution in [-0.2, 0) is 0 Å². The molecule has 0 unspecified atom stereocenters. The Bertz CT molecular complexity index is 178. The lowest BCUT2D eigenvalue weighted by molar-refractivity contribution is 0.988. The third kappa shape index (κ3) is 20.0. The molecule has 0 radical (unpaired) electrons. The fourth-order valence-electron chi connectivity index (χ4n) is 0.655. The smallest absolute Gasteiger partial charge is 0.0722 e. The van der Waals surface area contributed by atoms with Crippen LogP contribution in [-0.4, -0.2) is 40.4 Å². The third-order valence-electron chi connectivity index (χ3n) is 1.20. The van der Waals surface area contributed by atoms with E-state index in [0.717, 1.165) is 34.6 Å². The van der Waals surface area contributed by atoms with Crippen LogP contribution < -0.4 is 10.6 Å². The van der Waals surface area contributed by atoms with Crippen molar-refractivity contribution in [3.8, 4) is 0 Å². The normalized spacial score (nSPS) is 8.62. The van der Waals surface area contributed by atoms with Crippen LogP contribution >= 0.6 is 58.2 Å². The van der Waals surface area contributed by atoms with Crippen molar-refractivity contribution >= 4 is 74.1 Å². The van der Waals surface area contributed by atoms with Gasteiger partial charge in [0.2, 0.25) is 0 Å². The van der Waals surface area contributed by atoms with Gasteiger partial charge < -0.3 is 10.6 Å². The van der Waals surface area contributed by atoms with E-state index >= 15 is 0 Å². The van der Waals surface area contributed by atoms with E-state index in [2.05, 4.69) is 28.7 Å². The Hall–Kier alpha value is 0.570. The molecule has 0 fully saturated rings. The predicted octanol–water partition coefficient (Wildman–Crippen LogP) is 2.86. The van der Waals surface area contributed by atoms with Crippen molar-refractivity contribution in [1.82, 2.24) is 10.6 Å². The van der Waals surface area contributed by atoms with Crippen molar-refractivity contribution in [2.24, 2.45) is 0 Å². The Morgan fingerprint density at radius 1 is 0.938 bits per heavy atom. The molecule has 0 saturated heterocycles. The van der Waals surface area contributed by atoms with Gasteiger partial charge >= 0.3 is 0 Å². The maximum atomic E-state index is 4.89. The van der Waals surface area contributed by atoms with Gasteiger partial charge in [0.15, 0.2) is 0 Å². The van der Waals surface area contributed by atoms with E-state index in [4.69, 9.17) is 24.4 Å². The van der Waals surface area contributed by atoms with E-state index in [1.54, 1.807) is 0 Å². The molecule has 0 aromatic rings. The third-order valence-corrected chi connectivity index (χ3v) is 3.90. The Labute approximate surface area is 122 Å². The van der Waals surface area contributed by atoms with Crippen LogP contribution in [0.3, 0.4) is 0 Å². The molecule has 0 atom stereocenters. The summed E-state index contributed by atoms with van der Waals surface area (Å²) in [6.45, 7) is 5.71. The lowest BCUT2D eigenvalue weighted by atomic mass is 10.7. The van der Waals surface area contributed by atoms with E-state index in [0.29, 0.717) is 0 Å². The van der Waals surface area contributed by atoms with E-state index in [1.165, 1.54) is 0 Å². The number of hydrogen-bond acceptors (Lipinski definition) is 5. The van der Waals surface area contributed by atoms with Gasteiger partial charge in [0, 0.05) is 24.6 Å². The number of thiocarbonyl (C=S) groups is 3. The molecule has 0 saturated carbocycles. The molecular formula is C9H18N2S5. The van der Waals surface area contributed by atoms with Gasteiger partial charge in [0.1, 0.15) is 0 Å². The summed E-state index contributed by atoms with van der Waals surface area (Å²) in [7, 11) is 3.72. The number of hydrogen-bond donors (Lipinski definition) is 2. The van der Waals surface area contributed by atoms with Crippen LogP contribution in [0.4, 0.5) is 0 Å². The van der Waals surface area contributed by atoms with Gasteiger partial charge in [-0.3, -0.25) is 0 Å². The molecule has 16 heavy (non-hydrogen) atoms. The molecule has 7 heteroatoms. The second-order valence-corrected chi connectivity index (χ2v) is 6.54. The van der Waals surface area contributed by atoms with E-state index in [9.17, 15) is 0 Å². The maximum absolute atomic E-state index is 4.89. The van der Waals surface area contributed by atoms with Gasteiger partial charge in [-0.05, 0) is 19.7 Å². The van der Waals surface area contributed by atoms with Crippen molar-refractivity contribution in [2.75, 3.05) is 24.6 Å². The van der Waals surface area contributed by atoms with Crippen LogP contribution in [0.15, 0.2) is 0 Å². The average Bonchev–Trinajstić information content (AvgIpc) is 2.24. The quantitative estimate of drug-likeness (QED) is 0.423. The molecule has 0 amide bonds. The molecule has 2 N–H and O–H groups in total. The van der Waals surface area contributed by atoms with E-state index in [1.807, 2.05) is 35.4 Å². The number of nitrogens with one attached hydrogen (secondary N) is 2. The first-order valence-corrected chi connectivity index (χ1v) is 8.53. The standard InChI is InChI=1S/C8H16N2S4.CH2S/c1-7(11)9-3-5-13-14-6-4-10-8(2)12;1-2/h3-6H2,1-2H3,(H,9,11)(H,10,12);1H2. The molecule has 0 bridgehead atoms.